The van der Waals surface area contributed by atoms with E-state index in [2.05, 4.69) is 5.32 Å². The molecule has 0 saturated carbocycles. The number of nitrogens with one attached hydrogen (secondary N) is 1. The lowest BCUT2D eigenvalue weighted by molar-refractivity contribution is -0.138. The van der Waals surface area contributed by atoms with E-state index in [1.807, 2.05) is 6.92 Å². The molecule has 4 nitrogen and oxygen atoms in total. The van der Waals surface area contributed by atoms with Crippen molar-refractivity contribution in [3.8, 4) is 0 Å². The van der Waals surface area contributed by atoms with E-state index in [1.54, 1.807) is 6.92 Å². The van der Waals surface area contributed by atoms with Gasteiger partial charge in [0.25, 0.3) is 0 Å². The van der Waals surface area contributed by atoms with Crippen molar-refractivity contribution in [3.05, 3.63) is 0 Å². The number of carboxylic acid groups (broad SMARTS) is 1. The Hall–Kier alpha value is -0.610. The van der Waals surface area contributed by atoms with Crippen LogP contribution in [0.4, 0.5) is 0 Å². The number of carbonyl (C=O) groups is 1. The van der Waals surface area contributed by atoms with Crippen molar-refractivity contribution in [1.29, 1.82) is 0 Å². The van der Waals surface area contributed by atoms with Gasteiger partial charge in [-0.2, -0.15) is 0 Å². The highest BCUT2D eigenvalue weighted by Crippen LogP contribution is 1.80. The molecule has 4 heteroatoms. The zero-order valence-corrected chi connectivity index (χ0v) is 6.29. The summed E-state index contributed by atoms with van der Waals surface area (Å²) in [6, 6.07) is -0.507. The lowest BCUT2D eigenvalue weighted by atomic mass is 10.3. The second kappa shape index (κ2) is 4.24. The summed E-state index contributed by atoms with van der Waals surface area (Å²) in [6.07, 6.45) is 0. The summed E-state index contributed by atoms with van der Waals surface area (Å²) in [5.74, 6) is -0.847. The Labute approximate surface area is 60.4 Å². The fourth-order valence-electron chi connectivity index (χ4n) is 0.450. The maximum atomic E-state index is 10.2. The third-order valence-electron chi connectivity index (χ3n) is 1.12. The van der Waals surface area contributed by atoms with Crippen LogP contribution in [-0.2, 0) is 4.79 Å². The van der Waals surface area contributed by atoms with Gasteiger partial charge in [-0.05, 0) is 13.8 Å². The molecule has 0 aliphatic heterocycles. The van der Waals surface area contributed by atoms with E-state index < -0.39 is 12.0 Å². The highest BCUT2D eigenvalue weighted by molar-refractivity contribution is 5.72. The first kappa shape index (κ1) is 9.39. The summed E-state index contributed by atoms with van der Waals surface area (Å²) in [4.78, 5) is 10.2. The second-order valence-corrected chi connectivity index (χ2v) is 2.45. The van der Waals surface area contributed by atoms with E-state index in [9.17, 15) is 4.79 Å². The summed E-state index contributed by atoms with van der Waals surface area (Å²) in [5, 5.41) is 11.1. The van der Waals surface area contributed by atoms with Gasteiger partial charge in [0.2, 0.25) is 0 Å². The summed E-state index contributed by atoms with van der Waals surface area (Å²) >= 11 is 0. The fourth-order valence-corrected chi connectivity index (χ4v) is 0.450. The molecule has 0 bridgehead atoms. The zero-order chi connectivity index (χ0) is 8.15. The van der Waals surface area contributed by atoms with Gasteiger partial charge in [0.1, 0.15) is 6.04 Å². The lowest BCUT2D eigenvalue weighted by Gasteiger charge is -2.10. The maximum absolute atomic E-state index is 10.2. The molecule has 0 rings (SSSR count). The average molecular weight is 146 g/mol. The van der Waals surface area contributed by atoms with Crippen LogP contribution < -0.4 is 11.1 Å². The van der Waals surface area contributed by atoms with Gasteiger partial charge >= 0.3 is 5.97 Å². The predicted molar refractivity (Wildman–Crippen MR) is 38.7 cm³/mol. The van der Waals surface area contributed by atoms with Crippen LogP contribution in [0, 0.1) is 0 Å². The van der Waals surface area contributed by atoms with E-state index in [0.29, 0.717) is 6.54 Å². The first-order valence-corrected chi connectivity index (χ1v) is 3.25. The van der Waals surface area contributed by atoms with E-state index in [-0.39, 0.29) is 6.04 Å². The summed E-state index contributed by atoms with van der Waals surface area (Å²) in [6.45, 7) is 3.94. The molecular formula is C6H14N2O2. The molecule has 0 heterocycles. The van der Waals surface area contributed by atoms with Gasteiger partial charge in [-0.15, -0.1) is 0 Å². The predicted octanol–water partition coefficient (Wildman–Crippen LogP) is -0.604. The Morgan fingerprint density at radius 2 is 2.20 bits per heavy atom. The van der Waals surface area contributed by atoms with Crippen molar-refractivity contribution < 1.29 is 9.90 Å². The molecular weight excluding hydrogens is 132 g/mol. The molecule has 0 spiro atoms. The van der Waals surface area contributed by atoms with Crippen molar-refractivity contribution in [2.24, 2.45) is 5.73 Å². The normalized spacial score (nSPS) is 16.3. The molecule has 2 atom stereocenters. The van der Waals surface area contributed by atoms with Crippen molar-refractivity contribution in [1.82, 2.24) is 5.32 Å². The van der Waals surface area contributed by atoms with Crippen molar-refractivity contribution in [2.75, 3.05) is 6.54 Å². The third kappa shape index (κ3) is 4.29. The molecule has 0 unspecified atom stereocenters. The maximum Gasteiger partial charge on any atom is 0.320 e. The Kier molecular flexibility index (Phi) is 3.99. The topological polar surface area (TPSA) is 75.3 Å². The monoisotopic (exact) mass is 146 g/mol. The number of rotatable bonds is 4. The van der Waals surface area contributed by atoms with E-state index in [1.165, 1.54) is 0 Å². The number of nitrogens with two attached hydrogens (primary N) is 1. The van der Waals surface area contributed by atoms with Crippen LogP contribution in [-0.4, -0.2) is 29.7 Å². The summed E-state index contributed by atoms with van der Waals surface area (Å²) in [7, 11) is 0. The molecule has 0 aromatic carbocycles. The van der Waals surface area contributed by atoms with Gasteiger partial charge < -0.3 is 16.2 Å². The first-order chi connectivity index (χ1) is 4.54. The molecule has 0 amide bonds. The molecule has 0 aromatic rings. The van der Waals surface area contributed by atoms with Crippen LogP contribution in [0.5, 0.6) is 0 Å². The Morgan fingerprint density at radius 1 is 1.70 bits per heavy atom. The standard InChI is InChI=1S/C6H14N2O2/c1-4(7)3-8-5(2)6(9)10/h4-5,8H,3,7H2,1-2H3,(H,9,10)/t4-,5-/m0/s1. The van der Waals surface area contributed by atoms with Gasteiger partial charge in [0.15, 0.2) is 0 Å². The molecule has 0 fully saturated rings. The van der Waals surface area contributed by atoms with Crippen molar-refractivity contribution >= 4 is 5.97 Å². The van der Waals surface area contributed by atoms with E-state index >= 15 is 0 Å². The van der Waals surface area contributed by atoms with Gasteiger partial charge in [-0.3, -0.25) is 4.79 Å². The highest BCUT2D eigenvalue weighted by Gasteiger charge is 2.08. The minimum absolute atomic E-state index is 0.00167. The van der Waals surface area contributed by atoms with Crippen LogP contribution in [0.2, 0.25) is 0 Å². The summed E-state index contributed by atoms with van der Waals surface area (Å²) < 4.78 is 0. The largest absolute Gasteiger partial charge is 0.480 e. The number of carboxylic acids is 1. The minimum atomic E-state index is -0.847. The summed E-state index contributed by atoms with van der Waals surface area (Å²) in [5.41, 5.74) is 5.39. The minimum Gasteiger partial charge on any atom is -0.480 e. The van der Waals surface area contributed by atoms with Crippen LogP contribution in [0.1, 0.15) is 13.8 Å². The lowest BCUT2D eigenvalue weighted by Crippen LogP contribution is -2.40. The molecule has 60 valence electrons. The van der Waals surface area contributed by atoms with Crippen LogP contribution in [0.15, 0.2) is 0 Å². The van der Waals surface area contributed by atoms with Gasteiger partial charge in [-0.1, -0.05) is 0 Å². The Balaban J connectivity index is 3.40. The number of aliphatic carboxylic acids is 1. The molecule has 0 aliphatic rings. The van der Waals surface area contributed by atoms with E-state index in [4.69, 9.17) is 10.8 Å². The van der Waals surface area contributed by atoms with Crippen LogP contribution in [0.3, 0.4) is 0 Å². The number of hydrogen-bond donors (Lipinski definition) is 3. The third-order valence-corrected chi connectivity index (χ3v) is 1.12. The SMILES string of the molecule is C[C@H](N)CN[C@@H](C)C(=O)O. The van der Waals surface area contributed by atoms with Crippen LogP contribution >= 0.6 is 0 Å². The molecule has 0 radical (unpaired) electrons. The Bertz CT molecular complexity index is 114. The van der Waals surface area contributed by atoms with Gasteiger partial charge in [-0.25, -0.2) is 0 Å². The van der Waals surface area contributed by atoms with E-state index in [0.717, 1.165) is 0 Å². The van der Waals surface area contributed by atoms with Gasteiger partial charge in [0, 0.05) is 12.6 Å². The Morgan fingerprint density at radius 3 is 2.50 bits per heavy atom. The van der Waals surface area contributed by atoms with Crippen molar-refractivity contribution in [3.63, 3.8) is 0 Å². The number of hydrogen-bond acceptors (Lipinski definition) is 3. The van der Waals surface area contributed by atoms with Gasteiger partial charge in [0.05, 0.1) is 0 Å². The smallest absolute Gasteiger partial charge is 0.320 e. The molecule has 10 heavy (non-hydrogen) atoms. The van der Waals surface area contributed by atoms with Crippen LogP contribution in [0.25, 0.3) is 0 Å². The van der Waals surface area contributed by atoms with Crippen molar-refractivity contribution in [2.45, 2.75) is 25.9 Å². The molecule has 0 saturated heterocycles. The first-order valence-electron chi connectivity index (χ1n) is 3.25. The molecule has 0 aliphatic carbocycles. The average Bonchev–Trinajstić information content (AvgIpc) is 1.82. The quantitative estimate of drug-likeness (QED) is 0.495. The fraction of sp³-hybridized carbons (Fsp3) is 0.833. The second-order valence-electron chi connectivity index (χ2n) is 2.45. The molecule has 0 aromatic heterocycles. The highest BCUT2D eigenvalue weighted by atomic mass is 16.4. The molecule has 4 N–H and O–H groups in total. The zero-order valence-electron chi connectivity index (χ0n) is 6.29.